The molecule has 0 saturated carbocycles. The van der Waals surface area contributed by atoms with Crippen LogP contribution >= 0.6 is 11.3 Å². The summed E-state index contributed by atoms with van der Waals surface area (Å²) < 4.78 is 0. The minimum absolute atomic E-state index is 0.325. The molecule has 1 aliphatic rings. The van der Waals surface area contributed by atoms with Gasteiger partial charge in [-0.3, -0.25) is 0 Å². The molecule has 0 bridgehead atoms. The molecule has 19 heavy (non-hydrogen) atoms. The van der Waals surface area contributed by atoms with Crippen LogP contribution in [0.1, 0.15) is 4.88 Å². The van der Waals surface area contributed by atoms with Crippen molar-refractivity contribution in [2.24, 2.45) is 0 Å². The van der Waals surface area contributed by atoms with Crippen LogP contribution in [0.25, 0.3) is 10.2 Å². The number of aromatic nitrogens is 2. The largest absolute Gasteiger partial charge is 0.368 e. The first kappa shape index (κ1) is 12.6. The lowest BCUT2D eigenvalue weighted by Crippen LogP contribution is -2.47. The third kappa shape index (κ3) is 2.63. The van der Waals surface area contributed by atoms with E-state index in [0.717, 1.165) is 42.2 Å². The van der Waals surface area contributed by atoms with Gasteiger partial charge in [0.1, 0.15) is 4.83 Å². The molecule has 0 spiro atoms. The highest BCUT2D eigenvalue weighted by Gasteiger charge is 2.16. The van der Waals surface area contributed by atoms with Crippen molar-refractivity contribution in [2.45, 2.75) is 6.92 Å². The molecular formula is C12H18N6S. The van der Waals surface area contributed by atoms with Crippen LogP contribution in [0.5, 0.6) is 0 Å². The highest BCUT2D eigenvalue weighted by atomic mass is 32.1. The van der Waals surface area contributed by atoms with Crippen molar-refractivity contribution >= 4 is 33.3 Å². The molecule has 0 unspecified atom stereocenters. The number of nitrogens with one attached hydrogen (secondary N) is 1. The molecule has 0 atom stereocenters. The number of piperazine rings is 1. The normalized spacial score (nSPS) is 18.0. The molecule has 1 saturated heterocycles. The van der Waals surface area contributed by atoms with Crippen LogP contribution in [-0.2, 0) is 0 Å². The van der Waals surface area contributed by atoms with E-state index in [9.17, 15) is 0 Å². The lowest BCUT2D eigenvalue weighted by molar-refractivity contribution is 0.178. The number of hydrogen-bond acceptors (Lipinski definition) is 7. The molecule has 3 rings (SSSR count). The molecule has 0 aliphatic carbocycles. The first-order valence-electron chi connectivity index (χ1n) is 6.35. The average Bonchev–Trinajstić information content (AvgIpc) is 2.72. The lowest BCUT2D eigenvalue weighted by atomic mass is 10.3. The fraction of sp³-hybridized carbons (Fsp3) is 0.500. The molecule has 6 nitrogen and oxygen atoms in total. The summed E-state index contributed by atoms with van der Waals surface area (Å²) >= 11 is 1.65. The second-order valence-electron chi connectivity index (χ2n) is 4.91. The highest BCUT2D eigenvalue weighted by molar-refractivity contribution is 7.18. The number of thiophene rings is 1. The zero-order chi connectivity index (χ0) is 13.4. The van der Waals surface area contributed by atoms with Crippen molar-refractivity contribution in [1.82, 2.24) is 19.9 Å². The first-order valence-corrected chi connectivity index (χ1v) is 7.17. The third-order valence-electron chi connectivity index (χ3n) is 3.30. The van der Waals surface area contributed by atoms with Crippen molar-refractivity contribution in [3.63, 3.8) is 0 Å². The van der Waals surface area contributed by atoms with Crippen LogP contribution in [0.2, 0.25) is 0 Å². The van der Waals surface area contributed by atoms with E-state index in [1.54, 1.807) is 11.3 Å². The van der Waals surface area contributed by atoms with Gasteiger partial charge in [0.15, 0.2) is 5.82 Å². The lowest BCUT2D eigenvalue weighted by Gasteiger charge is -2.32. The van der Waals surface area contributed by atoms with Gasteiger partial charge in [0.2, 0.25) is 5.95 Å². The van der Waals surface area contributed by atoms with Crippen molar-refractivity contribution in [2.75, 3.05) is 44.4 Å². The third-order valence-corrected chi connectivity index (χ3v) is 4.24. The summed E-state index contributed by atoms with van der Waals surface area (Å²) in [6, 6.07) is 2.11. The Hall–Kier alpha value is -1.44. The molecule has 0 aromatic carbocycles. The van der Waals surface area contributed by atoms with Gasteiger partial charge in [-0.1, -0.05) is 0 Å². The molecule has 1 aliphatic heterocycles. The van der Waals surface area contributed by atoms with E-state index in [1.165, 1.54) is 4.88 Å². The Kier molecular flexibility index (Phi) is 3.26. The summed E-state index contributed by atoms with van der Waals surface area (Å²) in [5.74, 6) is 1.14. The van der Waals surface area contributed by atoms with Gasteiger partial charge in [0.25, 0.3) is 0 Å². The van der Waals surface area contributed by atoms with Gasteiger partial charge in [-0.15, -0.1) is 11.3 Å². The van der Waals surface area contributed by atoms with E-state index in [-0.39, 0.29) is 0 Å². The van der Waals surface area contributed by atoms with Crippen molar-refractivity contribution in [3.05, 3.63) is 10.9 Å². The monoisotopic (exact) mass is 278 g/mol. The van der Waals surface area contributed by atoms with Crippen LogP contribution in [0.15, 0.2) is 6.07 Å². The average molecular weight is 278 g/mol. The zero-order valence-corrected chi connectivity index (χ0v) is 12.0. The summed E-state index contributed by atoms with van der Waals surface area (Å²) in [6.07, 6.45) is 0. The Morgan fingerprint density at radius 3 is 2.74 bits per heavy atom. The van der Waals surface area contributed by atoms with Gasteiger partial charge >= 0.3 is 0 Å². The standard InChI is InChI=1S/C12H18N6S/c1-8-7-9-10(14-12(13)15-11(9)19-8)16-18-5-3-17(2)4-6-18/h7H,3-6H2,1-2H3,(H3,13,14,15,16). The smallest absolute Gasteiger partial charge is 0.223 e. The number of anilines is 2. The second kappa shape index (κ2) is 4.92. The van der Waals surface area contributed by atoms with Gasteiger partial charge in [-0.05, 0) is 20.0 Å². The Morgan fingerprint density at radius 2 is 2.00 bits per heavy atom. The van der Waals surface area contributed by atoms with Crippen LogP contribution < -0.4 is 11.2 Å². The summed E-state index contributed by atoms with van der Waals surface area (Å²) in [4.78, 5) is 13.1. The van der Waals surface area contributed by atoms with Crippen LogP contribution in [0.3, 0.4) is 0 Å². The van der Waals surface area contributed by atoms with Gasteiger partial charge in [-0.2, -0.15) is 4.98 Å². The number of aryl methyl sites for hydroxylation is 1. The molecule has 2 aromatic rings. The molecule has 3 N–H and O–H groups in total. The van der Waals surface area contributed by atoms with E-state index < -0.39 is 0 Å². The summed E-state index contributed by atoms with van der Waals surface area (Å²) in [5.41, 5.74) is 9.16. The predicted octanol–water partition coefficient (Wildman–Crippen LogP) is 1.16. The van der Waals surface area contributed by atoms with Crippen molar-refractivity contribution in [3.8, 4) is 0 Å². The Balaban J connectivity index is 1.87. The summed E-state index contributed by atoms with van der Waals surface area (Å²) in [7, 11) is 2.14. The van der Waals surface area contributed by atoms with Gasteiger partial charge in [0, 0.05) is 31.1 Å². The first-order chi connectivity index (χ1) is 9.11. The SMILES string of the molecule is Cc1cc2c(NN3CCN(C)CC3)nc(N)nc2s1. The predicted molar refractivity (Wildman–Crippen MR) is 79.3 cm³/mol. The van der Waals surface area contributed by atoms with Crippen LogP contribution in [0.4, 0.5) is 11.8 Å². The fourth-order valence-electron chi connectivity index (χ4n) is 2.21. The number of likely N-dealkylation sites (N-methyl/N-ethyl adjacent to an activating group) is 1. The maximum Gasteiger partial charge on any atom is 0.223 e. The number of nitrogen functional groups attached to an aromatic ring is 1. The van der Waals surface area contributed by atoms with Crippen LogP contribution in [-0.4, -0.2) is 53.1 Å². The quantitative estimate of drug-likeness (QED) is 0.859. The highest BCUT2D eigenvalue weighted by Crippen LogP contribution is 2.29. The van der Waals surface area contributed by atoms with Crippen molar-refractivity contribution < 1.29 is 0 Å². The molecule has 0 amide bonds. The van der Waals surface area contributed by atoms with Gasteiger partial charge in [-0.25, -0.2) is 9.99 Å². The second-order valence-corrected chi connectivity index (χ2v) is 6.14. The molecule has 3 heterocycles. The van der Waals surface area contributed by atoms with Crippen molar-refractivity contribution in [1.29, 1.82) is 0 Å². The number of rotatable bonds is 2. The summed E-state index contributed by atoms with van der Waals surface area (Å²) in [5, 5.41) is 3.24. The Labute approximate surface area is 116 Å². The summed E-state index contributed by atoms with van der Waals surface area (Å²) in [6.45, 7) is 6.14. The molecule has 2 aromatic heterocycles. The van der Waals surface area contributed by atoms with E-state index in [1.807, 2.05) is 0 Å². The van der Waals surface area contributed by atoms with Gasteiger partial charge < -0.3 is 16.1 Å². The number of nitrogens with two attached hydrogens (primary N) is 1. The molecule has 1 fully saturated rings. The van der Waals surface area contributed by atoms with E-state index >= 15 is 0 Å². The topological polar surface area (TPSA) is 70.3 Å². The minimum Gasteiger partial charge on any atom is -0.368 e. The minimum atomic E-state index is 0.325. The van der Waals surface area contributed by atoms with E-state index in [2.05, 4.69) is 45.3 Å². The van der Waals surface area contributed by atoms with E-state index in [0.29, 0.717) is 5.95 Å². The maximum atomic E-state index is 5.78. The number of fused-ring (bicyclic) bond motifs is 1. The number of nitrogens with zero attached hydrogens (tertiary/aromatic N) is 4. The fourth-order valence-corrected chi connectivity index (χ4v) is 3.10. The molecule has 102 valence electrons. The molecule has 0 radical (unpaired) electrons. The van der Waals surface area contributed by atoms with Gasteiger partial charge in [0.05, 0.1) is 5.39 Å². The Morgan fingerprint density at radius 1 is 1.26 bits per heavy atom. The Bertz CT molecular complexity index is 587. The number of hydrazine groups is 1. The number of hydrogen-bond donors (Lipinski definition) is 2. The molecular weight excluding hydrogens is 260 g/mol. The van der Waals surface area contributed by atoms with Crippen LogP contribution in [0, 0.1) is 6.92 Å². The molecule has 7 heteroatoms. The maximum absolute atomic E-state index is 5.78. The zero-order valence-electron chi connectivity index (χ0n) is 11.2. The van der Waals surface area contributed by atoms with E-state index in [4.69, 9.17) is 5.73 Å².